The molecule has 0 saturated heterocycles. The molecule has 0 aliphatic heterocycles. The van der Waals surface area contributed by atoms with Crippen LogP contribution in [-0.2, 0) is 11.8 Å². The first-order valence-corrected chi connectivity index (χ1v) is 8.58. The molecule has 2 heteroatoms. The van der Waals surface area contributed by atoms with Gasteiger partial charge in [-0.2, -0.15) is 11.3 Å². The highest BCUT2D eigenvalue weighted by Crippen LogP contribution is 2.42. The molecule has 20 heavy (non-hydrogen) atoms. The fourth-order valence-electron chi connectivity index (χ4n) is 3.68. The summed E-state index contributed by atoms with van der Waals surface area (Å²) in [5.74, 6) is 0. The normalized spacial score (nSPS) is 19.6. The molecule has 1 aromatic heterocycles. The van der Waals surface area contributed by atoms with Crippen molar-refractivity contribution in [3.63, 3.8) is 0 Å². The molecule has 1 atom stereocenters. The van der Waals surface area contributed by atoms with E-state index in [1.165, 1.54) is 43.2 Å². The van der Waals surface area contributed by atoms with Gasteiger partial charge in [0.15, 0.2) is 0 Å². The van der Waals surface area contributed by atoms with E-state index in [1.54, 1.807) is 11.3 Å². The Balaban J connectivity index is 1.89. The molecular formula is C18H23NS. The van der Waals surface area contributed by atoms with Crippen molar-refractivity contribution in [2.24, 2.45) is 5.73 Å². The predicted octanol–water partition coefficient (Wildman–Crippen LogP) is 4.52. The Morgan fingerprint density at radius 3 is 2.45 bits per heavy atom. The molecule has 0 spiro atoms. The summed E-state index contributed by atoms with van der Waals surface area (Å²) in [6.07, 6.45) is 7.46. The van der Waals surface area contributed by atoms with Crippen LogP contribution in [0.4, 0.5) is 0 Å². The molecule has 2 N–H and O–H groups in total. The number of hydrogen-bond donors (Lipinski definition) is 1. The monoisotopic (exact) mass is 285 g/mol. The lowest BCUT2D eigenvalue weighted by atomic mass is 9.64. The molecule has 1 nitrogen and oxygen atoms in total. The highest BCUT2D eigenvalue weighted by atomic mass is 32.1. The fourth-order valence-corrected chi connectivity index (χ4v) is 4.37. The Bertz CT molecular complexity index is 512. The van der Waals surface area contributed by atoms with Gasteiger partial charge in [-0.25, -0.2) is 0 Å². The van der Waals surface area contributed by atoms with Crippen LogP contribution in [0.3, 0.4) is 0 Å². The zero-order valence-electron chi connectivity index (χ0n) is 11.9. The van der Waals surface area contributed by atoms with E-state index in [2.05, 4.69) is 47.2 Å². The fraction of sp³-hybridized carbons (Fsp3) is 0.444. The van der Waals surface area contributed by atoms with Crippen LogP contribution in [0, 0.1) is 0 Å². The van der Waals surface area contributed by atoms with Crippen LogP contribution in [0.25, 0.3) is 0 Å². The van der Waals surface area contributed by atoms with Gasteiger partial charge in [0.25, 0.3) is 0 Å². The molecule has 1 aromatic carbocycles. The number of rotatable bonds is 4. The van der Waals surface area contributed by atoms with Gasteiger partial charge in [0.05, 0.1) is 0 Å². The Morgan fingerprint density at radius 2 is 1.80 bits per heavy atom. The Kier molecular flexibility index (Phi) is 4.23. The van der Waals surface area contributed by atoms with Gasteiger partial charge >= 0.3 is 0 Å². The van der Waals surface area contributed by atoms with Crippen LogP contribution in [-0.4, -0.2) is 6.04 Å². The molecular weight excluding hydrogens is 262 g/mol. The molecule has 2 aromatic rings. The van der Waals surface area contributed by atoms with E-state index in [9.17, 15) is 0 Å². The number of thiophene rings is 1. The van der Waals surface area contributed by atoms with Crippen LogP contribution in [0.15, 0.2) is 47.2 Å². The lowest BCUT2D eigenvalue weighted by Gasteiger charge is -2.42. The SMILES string of the molecule is NC(Cc1ccsc1)C1(c2ccccc2)CCCCC1. The van der Waals surface area contributed by atoms with E-state index in [0.717, 1.165) is 6.42 Å². The van der Waals surface area contributed by atoms with Gasteiger partial charge in [0, 0.05) is 11.5 Å². The topological polar surface area (TPSA) is 26.0 Å². The molecule has 1 unspecified atom stereocenters. The second-order valence-corrected chi connectivity index (χ2v) is 6.81. The molecule has 0 amide bonds. The number of nitrogens with two attached hydrogens (primary N) is 1. The average molecular weight is 285 g/mol. The van der Waals surface area contributed by atoms with E-state index < -0.39 is 0 Å². The van der Waals surface area contributed by atoms with Gasteiger partial charge < -0.3 is 5.73 Å². The molecule has 0 bridgehead atoms. The highest BCUT2D eigenvalue weighted by molar-refractivity contribution is 7.07. The minimum Gasteiger partial charge on any atom is -0.327 e. The Morgan fingerprint density at radius 1 is 1.05 bits per heavy atom. The predicted molar refractivity (Wildman–Crippen MR) is 87.2 cm³/mol. The largest absolute Gasteiger partial charge is 0.327 e. The summed E-state index contributed by atoms with van der Waals surface area (Å²) in [6.45, 7) is 0. The minimum atomic E-state index is 0.182. The van der Waals surface area contributed by atoms with E-state index in [0.29, 0.717) is 0 Å². The highest BCUT2D eigenvalue weighted by Gasteiger charge is 2.39. The number of benzene rings is 1. The van der Waals surface area contributed by atoms with Crippen LogP contribution >= 0.6 is 11.3 Å². The molecule has 0 radical (unpaired) electrons. The summed E-state index contributed by atoms with van der Waals surface area (Å²) in [4.78, 5) is 0. The van der Waals surface area contributed by atoms with Gasteiger partial charge in [0.2, 0.25) is 0 Å². The minimum absolute atomic E-state index is 0.182. The maximum atomic E-state index is 6.71. The van der Waals surface area contributed by atoms with Crippen LogP contribution < -0.4 is 5.73 Å². The quantitative estimate of drug-likeness (QED) is 0.878. The van der Waals surface area contributed by atoms with Crippen LogP contribution in [0.1, 0.15) is 43.2 Å². The third-order valence-corrected chi connectivity index (χ3v) is 5.57. The van der Waals surface area contributed by atoms with E-state index in [-0.39, 0.29) is 11.5 Å². The van der Waals surface area contributed by atoms with E-state index in [4.69, 9.17) is 5.73 Å². The maximum absolute atomic E-state index is 6.71. The molecule has 1 aliphatic rings. The van der Waals surface area contributed by atoms with Crippen molar-refractivity contribution in [3.8, 4) is 0 Å². The van der Waals surface area contributed by atoms with Crippen molar-refractivity contribution < 1.29 is 0 Å². The van der Waals surface area contributed by atoms with Gasteiger partial charge in [0.1, 0.15) is 0 Å². The van der Waals surface area contributed by atoms with E-state index >= 15 is 0 Å². The first-order valence-electron chi connectivity index (χ1n) is 7.63. The molecule has 1 fully saturated rings. The molecule has 106 valence electrons. The first kappa shape index (κ1) is 13.8. The molecule has 3 rings (SSSR count). The zero-order valence-corrected chi connectivity index (χ0v) is 12.7. The van der Waals surface area contributed by atoms with Crippen LogP contribution in [0.2, 0.25) is 0 Å². The van der Waals surface area contributed by atoms with Crippen molar-refractivity contribution in [3.05, 3.63) is 58.3 Å². The lowest BCUT2D eigenvalue weighted by molar-refractivity contribution is 0.241. The molecule has 1 aliphatic carbocycles. The van der Waals surface area contributed by atoms with Crippen molar-refractivity contribution in [2.75, 3.05) is 0 Å². The molecule has 1 saturated carbocycles. The Hall–Kier alpha value is -1.12. The average Bonchev–Trinajstić information content (AvgIpc) is 3.02. The smallest absolute Gasteiger partial charge is 0.0177 e. The van der Waals surface area contributed by atoms with Gasteiger partial charge in [-0.05, 0) is 47.2 Å². The van der Waals surface area contributed by atoms with Crippen molar-refractivity contribution in [2.45, 2.75) is 50.0 Å². The maximum Gasteiger partial charge on any atom is 0.0177 e. The molecule has 1 heterocycles. The second kappa shape index (κ2) is 6.11. The first-order chi connectivity index (χ1) is 9.81. The Labute approximate surface area is 125 Å². The summed E-state index contributed by atoms with van der Waals surface area (Å²) in [5, 5.41) is 4.39. The van der Waals surface area contributed by atoms with E-state index in [1.807, 2.05) is 0 Å². The van der Waals surface area contributed by atoms with Crippen molar-refractivity contribution in [1.29, 1.82) is 0 Å². The summed E-state index contributed by atoms with van der Waals surface area (Å²) >= 11 is 1.77. The second-order valence-electron chi connectivity index (χ2n) is 6.03. The summed E-state index contributed by atoms with van der Waals surface area (Å²) in [5.41, 5.74) is 9.73. The number of hydrogen-bond acceptors (Lipinski definition) is 2. The zero-order chi connectivity index (χ0) is 13.8. The van der Waals surface area contributed by atoms with Gasteiger partial charge in [-0.3, -0.25) is 0 Å². The summed E-state index contributed by atoms with van der Waals surface area (Å²) in [6, 6.07) is 13.4. The van der Waals surface area contributed by atoms with Crippen molar-refractivity contribution in [1.82, 2.24) is 0 Å². The summed E-state index contributed by atoms with van der Waals surface area (Å²) < 4.78 is 0. The standard InChI is InChI=1S/C18H23NS/c19-17(13-15-9-12-20-14-15)18(10-5-2-6-11-18)16-7-3-1-4-8-16/h1,3-4,7-9,12,14,17H,2,5-6,10-11,13,19H2. The van der Waals surface area contributed by atoms with Crippen molar-refractivity contribution >= 4 is 11.3 Å². The van der Waals surface area contributed by atoms with Gasteiger partial charge in [-0.15, -0.1) is 0 Å². The third-order valence-electron chi connectivity index (χ3n) is 4.84. The van der Waals surface area contributed by atoms with Gasteiger partial charge in [-0.1, -0.05) is 49.6 Å². The lowest BCUT2D eigenvalue weighted by Crippen LogP contribution is -2.48. The van der Waals surface area contributed by atoms with Crippen LogP contribution in [0.5, 0.6) is 0 Å². The summed E-state index contributed by atoms with van der Waals surface area (Å²) in [7, 11) is 0. The third kappa shape index (κ3) is 2.68.